The van der Waals surface area contributed by atoms with Gasteiger partial charge in [0.15, 0.2) is 0 Å². The highest BCUT2D eigenvalue weighted by Gasteiger charge is 2.28. The van der Waals surface area contributed by atoms with Gasteiger partial charge in [-0.05, 0) is 33.1 Å². The number of rotatable bonds is 3. The molecule has 1 aliphatic heterocycles. The summed E-state index contributed by atoms with van der Waals surface area (Å²) < 4.78 is 0. The van der Waals surface area contributed by atoms with Crippen LogP contribution in [0, 0.1) is 6.92 Å². The molecular formula is C15H26N4. The number of hydrogen-bond acceptors (Lipinski definition) is 4. The summed E-state index contributed by atoms with van der Waals surface area (Å²) in [5.74, 6) is 2.34. The monoisotopic (exact) mass is 262 g/mol. The van der Waals surface area contributed by atoms with Crippen molar-refractivity contribution in [1.29, 1.82) is 0 Å². The molecular weight excluding hydrogens is 236 g/mol. The summed E-state index contributed by atoms with van der Waals surface area (Å²) in [6.07, 6.45) is 3.65. The highest BCUT2D eigenvalue weighted by Crippen LogP contribution is 2.28. The normalized spacial score (nSPS) is 24.0. The fraction of sp³-hybridized carbons (Fsp3) is 0.733. The molecule has 1 saturated heterocycles. The number of anilines is 1. The average Bonchev–Trinajstić information content (AvgIpc) is 2.37. The van der Waals surface area contributed by atoms with Gasteiger partial charge >= 0.3 is 0 Å². The van der Waals surface area contributed by atoms with Crippen LogP contribution in [0.2, 0.25) is 0 Å². The van der Waals surface area contributed by atoms with E-state index in [-0.39, 0.29) is 0 Å². The van der Waals surface area contributed by atoms with Gasteiger partial charge in [-0.1, -0.05) is 13.8 Å². The number of hydrogen-bond donors (Lipinski definition) is 1. The van der Waals surface area contributed by atoms with Gasteiger partial charge in [0.05, 0.1) is 0 Å². The maximum Gasteiger partial charge on any atom is 0.133 e. The predicted molar refractivity (Wildman–Crippen MR) is 79.5 cm³/mol. The third-order valence-corrected chi connectivity index (χ3v) is 3.94. The molecule has 2 rings (SSSR count). The van der Waals surface area contributed by atoms with Gasteiger partial charge in [0.1, 0.15) is 11.6 Å². The van der Waals surface area contributed by atoms with Gasteiger partial charge in [0, 0.05) is 36.3 Å². The molecule has 2 atom stereocenters. The molecule has 2 unspecified atom stereocenters. The first-order chi connectivity index (χ1) is 9.02. The fourth-order valence-electron chi connectivity index (χ4n) is 2.90. The Morgan fingerprint density at radius 2 is 2.11 bits per heavy atom. The summed E-state index contributed by atoms with van der Waals surface area (Å²) >= 11 is 0. The maximum absolute atomic E-state index is 5.94. The molecule has 0 spiro atoms. The first kappa shape index (κ1) is 14.3. The van der Waals surface area contributed by atoms with E-state index in [0.29, 0.717) is 24.5 Å². The average molecular weight is 262 g/mol. The lowest BCUT2D eigenvalue weighted by Crippen LogP contribution is -2.49. The minimum atomic E-state index is 0.357. The van der Waals surface area contributed by atoms with Crippen molar-refractivity contribution in [3.05, 3.63) is 17.6 Å². The van der Waals surface area contributed by atoms with E-state index in [9.17, 15) is 0 Å². The highest BCUT2D eigenvalue weighted by molar-refractivity contribution is 5.43. The molecule has 1 aliphatic rings. The summed E-state index contributed by atoms with van der Waals surface area (Å²) in [5, 5.41) is 0. The van der Waals surface area contributed by atoms with Gasteiger partial charge in [-0.25, -0.2) is 9.97 Å². The van der Waals surface area contributed by atoms with Crippen LogP contribution in [-0.2, 0) is 0 Å². The molecule has 0 radical (unpaired) electrons. The topological polar surface area (TPSA) is 55.0 Å². The first-order valence-electron chi connectivity index (χ1n) is 7.37. The Morgan fingerprint density at radius 1 is 1.37 bits per heavy atom. The zero-order valence-corrected chi connectivity index (χ0v) is 12.6. The second-order valence-electron chi connectivity index (χ2n) is 5.96. The molecule has 0 amide bonds. The van der Waals surface area contributed by atoms with E-state index in [1.165, 1.54) is 19.3 Å². The Labute approximate surface area is 116 Å². The van der Waals surface area contributed by atoms with Gasteiger partial charge in [-0.2, -0.15) is 0 Å². The molecule has 2 N–H and O–H groups in total. The summed E-state index contributed by atoms with van der Waals surface area (Å²) in [6, 6.07) is 3.02. The van der Waals surface area contributed by atoms with E-state index in [1.807, 2.05) is 6.92 Å². The molecule has 2 heterocycles. The van der Waals surface area contributed by atoms with Gasteiger partial charge < -0.3 is 10.6 Å². The quantitative estimate of drug-likeness (QED) is 0.909. The maximum atomic E-state index is 5.94. The third kappa shape index (κ3) is 3.06. The van der Waals surface area contributed by atoms with Crippen LogP contribution in [0.3, 0.4) is 0 Å². The zero-order valence-electron chi connectivity index (χ0n) is 12.6. The van der Waals surface area contributed by atoms with Crippen LogP contribution in [-0.4, -0.2) is 28.6 Å². The summed E-state index contributed by atoms with van der Waals surface area (Å²) in [6.45, 7) is 9.29. The van der Waals surface area contributed by atoms with Crippen molar-refractivity contribution in [2.45, 2.75) is 65.0 Å². The fourth-order valence-corrected chi connectivity index (χ4v) is 2.90. The number of nitrogens with zero attached hydrogens (tertiary/aromatic N) is 3. The Hall–Kier alpha value is -1.16. The Kier molecular flexibility index (Phi) is 4.40. The van der Waals surface area contributed by atoms with E-state index >= 15 is 0 Å². The molecule has 4 nitrogen and oxygen atoms in total. The molecule has 19 heavy (non-hydrogen) atoms. The van der Waals surface area contributed by atoms with Crippen LogP contribution in [0.4, 0.5) is 5.82 Å². The second kappa shape index (κ2) is 5.87. The van der Waals surface area contributed by atoms with Gasteiger partial charge in [0.2, 0.25) is 0 Å². The number of aryl methyl sites for hydroxylation is 1. The lowest BCUT2D eigenvalue weighted by Gasteiger charge is -2.41. The Bertz CT molecular complexity index is 430. The summed E-state index contributed by atoms with van der Waals surface area (Å²) in [4.78, 5) is 11.7. The molecule has 0 aromatic carbocycles. The van der Waals surface area contributed by atoms with Gasteiger partial charge in [-0.3, -0.25) is 0 Å². The Morgan fingerprint density at radius 3 is 2.74 bits per heavy atom. The van der Waals surface area contributed by atoms with Gasteiger partial charge in [0.25, 0.3) is 0 Å². The smallest absolute Gasteiger partial charge is 0.133 e. The summed E-state index contributed by atoms with van der Waals surface area (Å²) in [7, 11) is 0. The Balaban J connectivity index is 2.37. The molecule has 1 fully saturated rings. The van der Waals surface area contributed by atoms with Crippen molar-refractivity contribution in [2.24, 2.45) is 5.73 Å². The highest BCUT2D eigenvalue weighted by atomic mass is 15.3. The number of aromatic nitrogens is 2. The van der Waals surface area contributed by atoms with E-state index in [2.05, 4.69) is 36.7 Å². The van der Waals surface area contributed by atoms with Crippen molar-refractivity contribution < 1.29 is 0 Å². The zero-order chi connectivity index (χ0) is 14.0. The molecule has 1 aromatic heterocycles. The van der Waals surface area contributed by atoms with E-state index < -0.39 is 0 Å². The second-order valence-corrected chi connectivity index (χ2v) is 5.96. The molecule has 0 bridgehead atoms. The van der Waals surface area contributed by atoms with E-state index in [1.54, 1.807) is 0 Å². The molecule has 0 saturated carbocycles. The predicted octanol–water partition coefficient (Wildman–Crippen LogP) is 2.61. The van der Waals surface area contributed by atoms with Crippen LogP contribution in [0.25, 0.3) is 0 Å². The standard InChI is InChI=1S/C15H26N4/c1-10(2)15-17-11(3)8-14(18-15)19-12(4)6-5-7-13(19)9-16/h8,10,12-13H,5-7,9,16H2,1-4H3. The third-order valence-electron chi connectivity index (χ3n) is 3.94. The van der Waals surface area contributed by atoms with Crippen LogP contribution in [0.1, 0.15) is 57.5 Å². The lowest BCUT2D eigenvalue weighted by atomic mass is 9.96. The van der Waals surface area contributed by atoms with Crippen molar-refractivity contribution in [3.63, 3.8) is 0 Å². The van der Waals surface area contributed by atoms with Crippen LogP contribution < -0.4 is 10.6 Å². The minimum Gasteiger partial charge on any atom is -0.350 e. The van der Waals surface area contributed by atoms with Crippen molar-refractivity contribution >= 4 is 5.82 Å². The molecule has 4 heteroatoms. The summed E-state index contributed by atoms with van der Waals surface area (Å²) in [5.41, 5.74) is 6.99. The molecule has 0 aliphatic carbocycles. The minimum absolute atomic E-state index is 0.357. The van der Waals surface area contributed by atoms with Crippen molar-refractivity contribution in [2.75, 3.05) is 11.4 Å². The SMILES string of the molecule is Cc1cc(N2C(C)CCCC2CN)nc(C(C)C)n1. The molecule has 106 valence electrons. The van der Waals surface area contributed by atoms with Crippen LogP contribution in [0.5, 0.6) is 0 Å². The lowest BCUT2D eigenvalue weighted by molar-refractivity contribution is 0.397. The van der Waals surface area contributed by atoms with Crippen LogP contribution in [0.15, 0.2) is 6.07 Å². The number of piperidine rings is 1. The van der Waals surface area contributed by atoms with Crippen molar-refractivity contribution in [1.82, 2.24) is 9.97 Å². The van der Waals surface area contributed by atoms with E-state index in [4.69, 9.17) is 10.7 Å². The number of nitrogens with two attached hydrogens (primary N) is 1. The van der Waals surface area contributed by atoms with Crippen molar-refractivity contribution in [3.8, 4) is 0 Å². The van der Waals surface area contributed by atoms with Crippen LogP contribution >= 0.6 is 0 Å². The van der Waals surface area contributed by atoms with E-state index in [0.717, 1.165) is 17.3 Å². The largest absolute Gasteiger partial charge is 0.350 e. The molecule has 1 aromatic rings. The first-order valence-corrected chi connectivity index (χ1v) is 7.37. The van der Waals surface area contributed by atoms with Gasteiger partial charge in [-0.15, -0.1) is 0 Å².